The Morgan fingerprint density at radius 3 is 2.69 bits per heavy atom. The van der Waals surface area contributed by atoms with Gasteiger partial charge in [0.25, 0.3) is 5.69 Å². The highest BCUT2D eigenvalue weighted by Crippen LogP contribution is 2.21. The number of rotatable bonds is 4. The lowest BCUT2D eigenvalue weighted by Gasteiger charge is -2.09. The molecule has 1 aromatic rings. The molecule has 7 nitrogen and oxygen atoms in total. The molecule has 16 heavy (non-hydrogen) atoms. The molecule has 1 N–H and O–H groups in total. The van der Waals surface area contributed by atoms with E-state index in [1.165, 1.54) is 26.0 Å². The zero-order valence-electron chi connectivity index (χ0n) is 8.61. The molecule has 0 bridgehead atoms. The van der Waals surface area contributed by atoms with Crippen LogP contribution < -0.4 is 0 Å². The van der Waals surface area contributed by atoms with Crippen LogP contribution in [0.5, 0.6) is 0 Å². The number of aromatic nitrogens is 1. The van der Waals surface area contributed by atoms with Gasteiger partial charge < -0.3 is 0 Å². The molecule has 1 rings (SSSR count). The van der Waals surface area contributed by atoms with Crippen LogP contribution in [0.25, 0.3) is 0 Å². The van der Waals surface area contributed by atoms with Crippen molar-refractivity contribution in [3.8, 4) is 0 Å². The van der Waals surface area contributed by atoms with Crippen LogP contribution in [0.2, 0.25) is 0 Å². The predicted molar refractivity (Wildman–Crippen MR) is 55.9 cm³/mol. The summed E-state index contributed by atoms with van der Waals surface area (Å²) in [5.41, 5.74) is 0.508. The summed E-state index contributed by atoms with van der Waals surface area (Å²) in [5.74, 6) is 0. The quantitative estimate of drug-likeness (QED) is 0.490. The van der Waals surface area contributed by atoms with Crippen molar-refractivity contribution >= 4 is 17.0 Å². The van der Waals surface area contributed by atoms with Crippen LogP contribution in [-0.4, -0.2) is 18.7 Å². The van der Waals surface area contributed by atoms with E-state index in [1.807, 2.05) is 0 Å². The Hall–Kier alpha value is -1.38. The van der Waals surface area contributed by atoms with E-state index in [2.05, 4.69) is 9.17 Å². The van der Waals surface area contributed by atoms with Crippen LogP contribution in [0.4, 0.5) is 5.69 Å². The third-order valence-electron chi connectivity index (χ3n) is 1.92. The fourth-order valence-corrected chi connectivity index (χ4v) is 1.51. The summed E-state index contributed by atoms with van der Waals surface area (Å²) in [6.45, 7) is 3.02. The Bertz CT molecular complexity index is 436. The normalized spacial score (nSPS) is 14.4. The zero-order chi connectivity index (χ0) is 12.3. The number of pyridine rings is 1. The third kappa shape index (κ3) is 3.05. The van der Waals surface area contributed by atoms with E-state index in [0.29, 0.717) is 5.69 Å². The van der Waals surface area contributed by atoms with Gasteiger partial charge in [-0.15, -0.1) is 0 Å². The van der Waals surface area contributed by atoms with Crippen LogP contribution >= 0.6 is 0 Å². The molecule has 2 atom stereocenters. The second-order valence-electron chi connectivity index (χ2n) is 3.05. The van der Waals surface area contributed by atoms with E-state index in [4.69, 9.17) is 4.55 Å². The largest absolute Gasteiger partial charge is 0.302 e. The fraction of sp³-hybridized carbons (Fsp3) is 0.375. The van der Waals surface area contributed by atoms with Crippen molar-refractivity contribution in [1.29, 1.82) is 0 Å². The molecule has 0 radical (unpaired) electrons. The Labute approximate surface area is 94.1 Å². The Morgan fingerprint density at radius 2 is 2.25 bits per heavy atom. The average molecular weight is 246 g/mol. The Morgan fingerprint density at radius 1 is 1.62 bits per heavy atom. The lowest BCUT2D eigenvalue weighted by molar-refractivity contribution is -0.385. The molecule has 2 unspecified atom stereocenters. The molecule has 8 heteroatoms. The molecule has 0 aromatic carbocycles. The summed E-state index contributed by atoms with van der Waals surface area (Å²) in [4.78, 5) is 13.9. The van der Waals surface area contributed by atoms with Gasteiger partial charge in [0.2, 0.25) is 0 Å². The fourth-order valence-electron chi connectivity index (χ4n) is 1.17. The SMILES string of the molecule is Cc1nc(C(C)OS(=O)O)ccc1[N+](=O)[O-]. The van der Waals surface area contributed by atoms with E-state index in [0.717, 1.165) is 0 Å². The molecule has 0 aliphatic heterocycles. The average Bonchev–Trinajstić information content (AvgIpc) is 2.15. The number of nitro groups is 1. The van der Waals surface area contributed by atoms with E-state index in [9.17, 15) is 14.3 Å². The van der Waals surface area contributed by atoms with Crippen LogP contribution in [0.15, 0.2) is 12.1 Å². The standard InChI is InChI=1S/C8H10N2O5S/c1-5-8(10(11)12)4-3-7(9-5)6(2)15-16(13)14/h3-4,6H,1-2H3,(H,13,14). The van der Waals surface area contributed by atoms with E-state index in [1.54, 1.807) is 0 Å². The van der Waals surface area contributed by atoms with Crippen molar-refractivity contribution < 1.29 is 17.9 Å². The van der Waals surface area contributed by atoms with Gasteiger partial charge in [-0.05, 0) is 19.9 Å². The predicted octanol–water partition coefficient (Wildman–Crippen LogP) is 1.51. The molecule has 0 saturated heterocycles. The van der Waals surface area contributed by atoms with Crippen molar-refractivity contribution in [2.24, 2.45) is 0 Å². The molecule has 0 saturated carbocycles. The number of aryl methyl sites for hydroxylation is 1. The molecule has 0 fully saturated rings. The van der Waals surface area contributed by atoms with E-state index < -0.39 is 22.4 Å². The van der Waals surface area contributed by atoms with Crippen LogP contribution in [0.3, 0.4) is 0 Å². The van der Waals surface area contributed by atoms with Crippen LogP contribution in [0.1, 0.15) is 24.4 Å². The zero-order valence-corrected chi connectivity index (χ0v) is 9.43. The third-order valence-corrected chi connectivity index (χ3v) is 2.37. The molecular formula is C8H10N2O5S. The maximum absolute atomic E-state index is 10.5. The van der Waals surface area contributed by atoms with Gasteiger partial charge in [-0.2, -0.15) is 4.21 Å². The highest BCUT2D eigenvalue weighted by Gasteiger charge is 2.16. The summed E-state index contributed by atoms with van der Waals surface area (Å²) in [6, 6.07) is 2.68. The first-order valence-electron chi connectivity index (χ1n) is 4.31. The van der Waals surface area contributed by atoms with Crippen molar-refractivity contribution in [2.75, 3.05) is 0 Å². The van der Waals surface area contributed by atoms with Gasteiger partial charge in [0, 0.05) is 6.07 Å². The minimum atomic E-state index is -2.39. The van der Waals surface area contributed by atoms with Gasteiger partial charge in [0.05, 0.1) is 10.6 Å². The second-order valence-corrected chi connectivity index (χ2v) is 3.68. The summed E-state index contributed by atoms with van der Waals surface area (Å²) in [6.07, 6.45) is -0.703. The minimum Gasteiger partial charge on any atom is -0.284 e. The van der Waals surface area contributed by atoms with E-state index >= 15 is 0 Å². The molecule has 0 aliphatic carbocycles. The molecule has 0 amide bonds. The van der Waals surface area contributed by atoms with Gasteiger partial charge in [0.15, 0.2) is 0 Å². The highest BCUT2D eigenvalue weighted by atomic mass is 32.2. The van der Waals surface area contributed by atoms with Crippen molar-refractivity contribution in [3.63, 3.8) is 0 Å². The summed E-state index contributed by atoms with van der Waals surface area (Å²) >= 11 is -2.39. The molecule has 88 valence electrons. The molecule has 0 spiro atoms. The maximum atomic E-state index is 10.5. The number of hydrogen-bond donors (Lipinski definition) is 1. The Kier molecular flexibility index (Phi) is 4.05. The van der Waals surface area contributed by atoms with Gasteiger partial charge in [0.1, 0.15) is 11.8 Å². The van der Waals surface area contributed by atoms with Gasteiger partial charge >= 0.3 is 11.4 Å². The van der Waals surface area contributed by atoms with Gasteiger partial charge in [-0.25, -0.2) is 4.98 Å². The summed E-state index contributed by atoms with van der Waals surface area (Å²) in [5, 5.41) is 10.5. The monoisotopic (exact) mass is 246 g/mol. The molecule has 1 heterocycles. The lowest BCUT2D eigenvalue weighted by Crippen LogP contribution is -2.06. The smallest absolute Gasteiger partial charge is 0.284 e. The number of nitrogens with zero attached hydrogens (tertiary/aromatic N) is 2. The maximum Gasteiger partial charge on any atom is 0.302 e. The summed E-state index contributed by atoms with van der Waals surface area (Å²) < 4.78 is 23.5. The molecule has 1 aromatic heterocycles. The molecule has 0 aliphatic rings. The molecular weight excluding hydrogens is 236 g/mol. The van der Waals surface area contributed by atoms with Gasteiger partial charge in [-0.3, -0.25) is 18.9 Å². The van der Waals surface area contributed by atoms with Crippen LogP contribution in [0, 0.1) is 17.0 Å². The van der Waals surface area contributed by atoms with Crippen molar-refractivity contribution in [3.05, 3.63) is 33.6 Å². The second kappa shape index (κ2) is 5.10. The highest BCUT2D eigenvalue weighted by molar-refractivity contribution is 7.74. The first-order chi connectivity index (χ1) is 7.41. The topological polar surface area (TPSA) is 103 Å². The minimum absolute atomic E-state index is 0.0962. The van der Waals surface area contributed by atoms with Crippen molar-refractivity contribution in [2.45, 2.75) is 20.0 Å². The summed E-state index contributed by atoms with van der Waals surface area (Å²) in [7, 11) is 0. The lowest BCUT2D eigenvalue weighted by atomic mass is 10.2. The Balaban J connectivity index is 2.96. The number of hydrogen-bond acceptors (Lipinski definition) is 5. The van der Waals surface area contributed by atoms with Gasteiger partial charge in [-0.1, -0.05) is 0 Å². The van der Waals surface area contributed by atoms with Crippen LogP contribution in [-0.2, 0) is 15.5 Å². The van der Waals surface area contributed by atoms with Crippen molar-refractivity contribution in [1.82, 2.24) is 4.98 Å². The van der Waals surface area contributed by atoms with E-state index in [-0.39, 0.29) is 11.4 Å². The first-order valence-corrected chi connectivity index (χ1v) is 5.35. The first kappa shape index (κ1) is 12.7.